The van der Waals surface area contributed by atoms with Gasteiger partial charge in [0.25, 0.3) is 0 Å². The molecule has 0 saturated carbocycles. The largest absolute Gasteiger partial charge is 0.494 e. The summed E-state index contributed by atoms with van der Waals surface area (Å²) in [6.45, 7) is 3.24. The van der Waals surface area contributed by atoms with E-state index in [1.165, 1.54) is 7.11 Å². The molecule has 0 radical (unpaired) electrons. The van der Waals surface area contributed by atoms with Crippen molar-refractivity contribution in [3.8, 4) is 11.5 Å². The number of carbonyl (C=O) groups is 1. The standard InChI is InChI=1S/C14H19NO4/c1-3-18-10-4-6-11(7-5-10)19-12-8-13(15-9-12)14(16)17-2/h4-7,12-13,15H,3,8-9H2,1-2H3. The maximum absolute atomic E-state index is 11.4. The van der Waals surface area contributed by atoms with Crippen LogP contribution < -0.4 is 14.8 Å². The van der Waals surface area contributed by atoms with Gasteiger partial charge < -0.3 is 19.5 Å². The number of rotatable bonds is 5. The molecule has 1 aromatic carbocycles. The van der Waals surface area contributed by atoms with Crippen LogP contribution in [0.25, 0.3) is 0 Å². The van der Waals surface area contributed by atoms with Crippen LogP contribution in [0.15, 0.2) is 24.3 Å². The van der Waals surface area contributed by atoms with E-state index in [9.17, 15) is 4.79 Å². The number of carbonyl (C=O) groups excluding carboxylic acids is 1. The summed E-state index contributed by atoms with van der Waals surface area (Å²) in [4.78, 5) is 11.4. The van der Waals surface area contributed by atoms with Crippen molar-refractivity contribution in [3.05, 3.63) is 24.3 Å². The van der Waals surface area contributed by atoms with E-state index in [1.807, 2.05) is 31.2 Å². The van der Waals surface area contributed by atoms with E-state index >= 15 is 0 Å². The second-order valence-electron chi connectivity index (χ2n) is 4.36. The number of hydrogen-bond donors (Lipinski definition) is 1. The van der Waals surface area contributed by atoms with Crippen molar-refractivity contribution in [3.63, 3.8) is 0 Å². The molecule has 1 heterocycles. The van der Waals surface area contributed by atoms with Gasteiger partial charge in [-0.2, -0.15) is 0 Å². The molecular formula is C14H19NO4. The highest BCUT2D eigenvalue weighted by molar-refractivity contribution is 5.76. The number of ether oxygens (including phenoxy) is 3. The third-order valence-corrected chi connectivity index (χ3v) is 3.01. The fourth-order valence-corrected chi connectivity index (χ4v) is 2.09. The van der Waals surface area contributed by atoms with Crippen LogP contribution >= 0.6 is 0 Å². The normalized spacial score (nSPS) is 22.0. The summed E-state index contributed by atoms with van der Waals surface area (Å²) in [6, 6.07) is 7.22. The molecule has 1 aliphatic heterocycles. The summed E-state index contributed by atoms with van der Waals surface area (Å²) < 4.78 is 15.9. The first-order chi connectivity index (χ1) is 9.22. The lowest BCUT2D eigenvalue weighted by Crippen LogP contribution is -2.31. The van der Waals surface area contributed by atoms with Crippen LogP contribution in [0.2, 0.25) is 0 Å². The van der Waals surface area contributed by atoms with Gasteiger partial charge in [0, 0.05) is 13.0 Å². The van der Waals surface area contributed by atoms with Crippen LogP contribution in [0.4, 0.5) is 0 Å². The van der Waals surface area contributed by atoms with Crippen LogP contribution in [0, 0.1) is 0 Å². The number of benzene rings is 1. The predicted molar refractivity (Wildman–Crippen MR) is 70.5 cm³/mol. The Morgan fingerprint density at radius 3 is 2.63 bits per heavy atom. The lowest BCUT2D eigenvalue weighted by Gasteiger charge is -2.13. The predicted octanol–water partition coefficient (Wildman–Crippen LogP) is 1.37. The molecule has 0 aliphatic carbocycles. The molecule has 1 aromatic rings. The van der Waals surface area contributed by atoms with Gasteiger partial charge in [-0.05, 0) is 31.2 Å². The maximum atomic E-state index is 11.4. The van der Waals surface area contributed by atoms with Gasteiger partial charge in [-0.3, -0.25) is 4.79 Å². The van der Waals surface area contributed by atoms with Crippen LogP contribution in [0.5, 0.6) is 11.5 Å². The Kier molecular flexibility index (Phi) is 4.63. The Hall–Kier alpha value is -1.75. The molecule has 2 atom stereocenters. The van der Waals surface area contributed by atoms with Gasteiger partial charge in [0.2, 0.25) is 0 Å². The minimum Gasteiger partial charge on any atom is -0.494 e. The van der Waals surface area contributed by atoms with Crippen LogP contribution in [0.1, 0.15) is 13.3 Å². The highest BCUT2D eigenvalue weighted by Crippen LogP contribution is 2.21. The molecule has 0 aromatic heterocycles. The fourth-order valence-electron chi connectivity index (χ4n) is 2.09. The third kappa shape index (κ3) is 3.61. The number of methoxy groups -OCH3 is 1. The Bertz CT molecular complexity index is 418. The summed E-state index contributed by atoms with van der Waals surface area (Å²) >= 11 is 0. The van der Waals surface area contributed by atoms with Crippen molar-refractivity contribution < 1.29 is 19.0 Å². The van der Waals surface area contributed by atoms with Crippen molar-refractivity contribution in [2.45, 2.75) is 25.5 Å². The van der Waals surface area contributed by atoms with Crippen molar-refractivity contribution >= 4 is 5.97 Å². The molecule has 0 bridgehead atoms. The van der Waals surface area contributed by atoms with E-state index in [1.54, 1.807) is 0 Å². The lowest BCUT2D eigenvalue weighted by atomic mass is 10.2. The Morgan fingerprint density at radius 2 is 2.00 bits per heavy atom. The van der Waals surface area contributed by atoms with Crippen LogP contribution in [0.3, 0.4) is 0 Å². The molecule has 1 N–H and O–H groups in total. The summed E-state index contributed by atoms with van der Waals surface area (Å²) in [5, 5.41) is 3.09. The molecule has 0 amide bonds. The van der Waals surface area contributed by atoms with Gasteiger partial charge in [0.1, 0.15) is 23.6 Å². The molecular weight excluding hydrogens is 246 g/mol. The molecule has 19 heavy (non-hydrogen) atoms. The molecule has 2 rings (SSSR count). The second-order valence-corrected chi connectivity index (χ2v) is 4.36. The maximum Gasteiger partial charge on any atom is 0.323 e. The summed E-state index contributed by atoms with van der Waals surface area (Å²) in [5.74, 6) is 1.37. The first-order valence-corrected chi connectivity index (χ1v) is 6.43. The lowest BCUT2D eigenvalue weighted by molar-refractivity contribution is -0.142. The molecule has 104 valence electrons. The Morgan fingerprint density at radius 1 is 1.32 bits per heavy atom. The highest BCUT2D eigenvalue weighted by atomic mass is 16.5. The van der Waals surface area contributed by atoms with E-state index in [2.05, 4.69) is 5.32 Å². The number of esters is 1. The Balaban J connectivity index is 1.86. The zero-order valence-electron chi connectivity index (χ0n) is 11.2. The van der Waals surface area contributed by atoms with Gasteiger partial charge in [-0.25, -0.2) is 0 Å². The SMILES string of the molecule is CCOc1ccc(OC2CNC(C(=O)OC)C2)cc1. The molecule has 0 spiro atoms. The van der Waals surface area contributed by atoms with E-state index in [-0.39, 0.29) is 18.1 Å². The first-order valence-electron chi connectivity index (χ1n) is 6.43. The van der Waals surface area contributed by atoms with Gasteiger partial charge in [-0.15, -0.1) is 0 Å². The average molecular weight is 265 g/mol. The quantitative estimate of drug-likeness (QED) is 0.815. The number of nitrogens with one attached hydrogen (secondary N) is 1. The van der Waals surface area contributed by atoms with Gasteiger partial charge in [0.05, 0.1) is 13.7 Å². The van der Waals surface area contributed by atoms with E-state index in [4.69, 9.17) is 14.2 Å². The molecule has 2 unspecified atom stereocenters. The zero-order chi connectivity index (χ0) is 13.7. The van der Waals surface area contributed by atoms with Gasteiger partial charge >= 0.3 is 5.97 Å². The highest BCUT2D eigenvalue weighted by Gasteiger charge is 2.31. The molecule has 1 saturated heterocycles. The van der Waals surface area contributed by atoms with Crippen molar-refractivity contribution in [1.29, 1.82) is 0 Å². The monoisotopic (exact) mass is 265 g/mol. The van der Waals surface area contributed by atoms with Crippen molar-refractivity contribution in [2.24, 2.45) is 0 Å². The van der Waals surface area contributed by atoms with E-state index in [0.717, 1.165) is 11.5 Å². The Labute approximate surface area is 112 Å². The van der Waals surface area contributed by atoms with Crippen molar-refractivity contribution in [1.82, 2.24) is 5.32 Å². The van der Waals surface area contributed by atoms with Crippen LogP contribution in [-0.2, 0) is 9.53 Å². The zero-order valence-corrected chi connectivity index (χ0v) is 11.2. The average Bonchev–Trinajstić information content (AvgIpc) is 2.89. The fraction of sp³-hybridized carbons (Fsp3) is 0.500. The molecule has 5 nitrogen and oxygen atoms in total. The smallest absolute Gasteiger partial charge is 0.323 e. The molecule has 5 heteroatoms. The van der Waals surface area contributed by atoms with Gasteiger partial charge in [-0.1, -0.05) is 0 Å². The minimum atomic E-state index is -0.266. The first kappa shape index (κ1) is 13.7. The topological polar surface area (TPSA) is 56.8 Å². The molecule has 1 aliphatic rings. The minimum absolute atomic E-state index is 0.0120. The summed E-state index contributed by atoms with van der Waals surface area (Å²) in [7, 11) is 1.39. The van der Waals surface area contributed by atoms with Crippen LogP contribution in [-0.4, -0.2) is 38.4 Å². The van der Waals surface area contributed by atoms with E-state index < -0.39 is 0 Å². The second kappa shape index (κ2) is 6.43. The van der Waals surface area contributed by atoms with Gasteiger partial charge in [0.15, 0.2) is 0 Å². The summed E-state index contributed by atoms with van der Waals surface area (Å²) in [6.07, 6.45) is 0.613. The third-order valence-electron chi connectivity index (χ3n) is 3.01. The molecule has 1 fully saturated rings. The number of hydrogen-bond acceptors (Lipinski definition) is 5. The van der Waals surface area contributed by atoms with E-state index in [0.29, 0.717) is 19.6 Å². The van der Waals surface area contributed by atoms with Crippen molar-refractivity contribution in [2.75, 3.05) is 20.3 Å². The summed E-state index contributed by atoms with van der Waals surface area (Å²) in [5.41, 5.74) is 0.